The monoisotopic (exact) mass is 381 g/mol. The van der Waals surface area contributed by atoms with Crippen molar-refractivity contribution in [1.82, 2.24) is 15.1 Å². The zero-order valence-corrected chi connectivity index (χ0v) is 16.7. The molecule has 0 aliphatic carbocycles. The number of ether oxygens (including phenoxy) is 1. The van der Waals surface area contributed by atoms with E-state index in [9.17, 15) is 4.79 Å². The molecule has 1 N–H and O–H groups in total. The molecule has 0 radical (unpaired) electrons. The van der Waals surface area contributed by atoms with Gasteiger partial charge in [-0.25, -0.2) is 0 Å². The van der Waals surface area contributed by atoms with Crippen LogP contribution in [0.15, 0.2) is 46.9 Å². The maximum absolute atomic E-state index is 12.2. The molecular formula is C22H27N3O3. The molecule has 0 aliphatic heterocycles. The summed E-state index contributed by atoms with van der Waals surface area (Å²) in [7, 11) is 0. The lowest BCUT2D eigenvalue weighted by Gasteiger charge is -2.06. The van der Waals surface area contributed by atoms with Crippen LogP contribution in [-0.2, 0) is 19.6 Å². The number of nitrogens with one attached hydrogen (secondary N) is 1. The first-order valence-corrected chi connectivity index (χ1v) is 9.65. The average Bonchev–Trinajstić information content (AvgIpc) is 3.30. The Morgan fingerprint density at radius 3 is 2.64 bits per heavy atom. The van der Waals surface area contributed by atoms with E-state index in [1.807, 2.05) is 48.9 Å². The predicted molar refractivity (Wildman–Crippen MR) is 108 cm³/mol. The quantitative estimate of drug-likeness (QED) is 0.568. The molecular weight excluding hydrogens is 354 g/mol. The minimum absolute atomic E-state index is 0.216. The smallest absolute Gasteiger partial charge is 0.286 e. The van der Waals surface area contributed by atoms with E-state index in [1.54, 1.807) is 12.1 Å². The van der Waals surface area contributed by atoms with Crippen LogP contribution < -0.4 is 10.1 Å². The van der Waals surface area contributed by atoms with Crippen molar-refractivity contribution in [2.75, 3.05) is 6.54 Å². The first-order valence-electron chi connectivity index (χ1n) is 9.65. The van der Waals surface area contributed by atoms with Crippen LogP contribution in [-0.4, -0.2) is 22.2 Å². The van der Waals surface area contributed by atoms with E-state index in [4.69, 9.17) is 9.15 Å². The molecule has 1 amide bonds. The van der Waals surface area contributed by atoms with Gasteiger partial charge < -0.3 is 14.5 Å². The van der Waals surface area contributed by atoms with E-state index in [0.717, 1.165) is 36.5 Å². The molecule has 0 aliphatic rings. The number of aromatic nitrogens is 2. The molecule has 6 heteroatoms. The second kappa shape index (κ2) is 9.26. The molecule has 28 heavy (non-hydrogen) atoms. The number of furan rings is 1. The molecule has 148 valence electrons. The van der Waals surface area contributed by atoms with Gasteiger partial charge in [0.2, 0.25) is 0 Å². The van der Waals surface area contributed by atoms with Crippen LogP contribution >= 0.6 is 0 Å². The summed E-state index contributed by atoms with van der Waals surface area (Å²) in [5.41, 5.74) is 3.40. The molecule has 1 aromatic carbocycles. The third-order valence-corrected chi connectivity index (χ3v) is 4.53. The Kier molecular flexibility index (Phi) is 6.53. The van der Waals surface area contributed by atoms with Gasteiger partial charge in [-0.3, -0.25) is 9.48 Å². The van der Waals surface area contributed by atoms with Gasteiger partial charge in [-0.15, -0.1) is 0 Å². The Morgan fingerprint density at radius 2 is 1.96 bits per heavy atom. The molecule has 0 saturated carbocycles. The Bertz CT molecular complexity index is 910. The highest BCUT2D eigenvalue weighted by Crippen LogP contribution is 2.16. The van der Waals surface area contributed by atoms with Crippen LogP contribution in [0.25, 0.3) is 0 Å². The van der Waals surface area contributed by atoms with Gasteiger partial charge >= 0.3 is 0 Å². The number of carbonyl (C=O) groups is 1. The minimum Gasteiger partial charge on any atom is -0.486 e. The Hall–Kier alpha value is -3.02. The van der Waals surface area contributed by atoms with Gasteiger partial charge in [0, 0.05) is 18.8 Å². The minimum atomic E-state index is -0.216. The molecule has 0 atom stereocenters. The van der Waals surface area contributed by atoms with Crippen molar-refractivity contribution in [2.45, 2.75) is 46.8 Å². The first-order chi connectivity index (χ1) is 13.5. The van der Waals surface area contributed by atoms with Gasteiger partial charge in [0.05, 0.1) is 5.69 Å². The van der Waals surface area contributed by atoms with Crippen LogP contribution in [0.4, 0.5) is 0 Å². The summed E-state index contributed by atoms with van der Waals surface area (Å²) in [4.78, 5) is 12.2. The third kappa shape index (κ3) is 5.25. The highest BCUT2D eigenvalue weighted by molar-refractivity contribution is 5.91. The standard InChI is InChI=1S/C22H27N3O3/c1-4-18-6-8-19(9-7-18)27-15-20-10-11-21(28-20)22(26)23-12-5-13-25-17(3)14-16(2)24-25/h6-11,14H,4-5,12-13,15H2,1-3H3,(H,23,26). The van der Waals surface area contributed by atoms with Crippen molar-refractivity contribution in [1.29, 1.82) is 0 Å². The lowest BCUT2D eigenvalue weighted by atomic mass is 10.2. The third-order valence-electron chi connectivity index (χ3n) is 4.53. The number of carbonyl (C=O) groups excluding carboxylic acids is 1. The normalized spacial score (nSPS) is 10.8. The summed E-state index contributed by atoms with van der Waals surface area (Å²) in [6, 6.07) is 13.5. The average molecular weight is 381 g/mol. The lowest BCUT2D eigenvalue weighted by molar-refractivity contribution is 0.0920. The van der Waals surface area contributed by atoms with Crippen LogP contribution in [0, 0.1) is 13.8 Å². The Labute approximate surface area is 165 Å². The van der Waals surface area contributed by atoms with Gasteiger partial charge in [-0.1, -0.05) is 19.1 Å². The lowest BCUT2D eigenvalue weighted by Crippen LogP contribution is -2.25. The summed E-state index contributed by atoms with van der Waals surface area (Å²) >= 11 is 0. The summed E-state index contributed by atoms with van der Waals surface area (Å²) in [5, 5.41) is 7.30. The summed E-state index contributed by atoms with van der Waals surface area (Å²) < 4.78 is 13.3. The first kappa shape index (κ1) is 19.7. The Morgan fingerprint density at radius 1 is 1.18 bits per heavy atom. The van der Waals surface area contributed by atoms with Gasteiger partial charge in [0.25, 0.3) is 5.91 Å². The van der Waals surface area contributed by atoms with E-state index in [1.165, 1.54) is 5.56 Å². The van der Waals surface area contributed by atoms with E-state index in [0.29, 0.717) is 18.1 Å². The van der Waals surface area contributed by atoms with Crippen molar-refractivity contribution < 1.29 is 13.9 Å². The summed E-state index contributed by atoms with van der Waals surface area (Å²) in [6.07, 6.45) is 1.80. The largest absolute Gasteiger partial charge is 0.486 e. The summed E-state index contributed by atoms with van der Waals surface area (Å²) in [6.45, 7) is 7.75. The van der Waals surface area contributed by atoms with Crippen LogP contribution in [0.3, 0.4) is 0 Å². The van der Waals surface area contributed by atoms with E-state index < -0.39 is 0 Å². The molecule has 0 fully saturated rings. The molecule has 2 heterocycles. The van der Waals surface area contributed by atoms with Crippen LogP contribution in [0.2, 0.25) is 0 Å². The second-order valence-corrected chi connectivity index (χ2v) is 6.81. The molecule has 2 aromatic heterocycles. The molecule has 3 aromatic rings. The number of amides is 1. The molecule has 0 bridgehead atoms. The van der Waals surface area contributed by atoms with Gasteiger partial charge in [-0.05, 0) is 62.6 Å². The number of hydrogen-bond donors (Lipinski definition) is 1. The molecule has 0 spiro atoms. The fourth-order valence-electron chi connectivity index (χ4n) is 2.97. The molecule has 0 unspecified atom stereocenters. The van der Waals surface area contributed by atoms with Crippen LogP contribution in [0.1, 0.15) is 46.6 Å². The predicted octanol–water partition coefficient (Wildman–Crippen LogP) is 4.05. The van der Waals surface area contributed by atoms with Crippen molar-refractivity contribution in [3.05, 3.63) is 70.9 Å². The highest BCUT2D eigenvalue weighted by atomic mass is 16.5. The van der Waals surface area contributed by atoms with Gasteiger partial charge in [0.15, 0.2) is 5.76 Å². The zero-order valence-electron chi connectivity index (χ0n) is 16.7. The van der Waals surface area contributed by atoms with E-state index in [2.05, 4.69) is 17.3 Å². The SMILES string of the molecule is CCc1ccc(OCc2ccc(C(=O)NCCCn3nc(C)cc3C)o2)cc1. The summed E-state index contributed by atoms with van der Waals surface area (Å²) in [5.74, 6) is 1.48. The molecule has 0 saturated heterocycles. The highest BCUT2D eigenvalue weighted by Gasteiger charge is 2.11. The fraction of sp³-hybridized carbons (Fsp3) is 0.364. The number of rotatable bonds is 9. The van der Waals surface area contributed by atoms with E-state index in [-0.39, 0.29) is 12.5 Å². The number of nitrogens with zero attached hydrogens (tertiary/aromatic N) is 2. The maximum atomic E-state index is 12.2. The van der Waals surface area contributed by atoms with Crippen molar-refractivity contribution in [3.63, 3.8) is 0 Å². The number of aryl methyl sites for hydroxylation is 4. The second-order valence-electron chi connectivity index (χ2n) is 6.81. The van der Waals surface area contributed by atoms with E-state index >= 15 is 0 Å². The number of benzene rings is 1. The fourth-order valence-corrected chi connectivity index (χ4v) is 2.97. The molecule has 6 nitrogen and oxygen atoms in total. The van der Waals surface area contributed by atoms with Crippen LogP contribution in [0.5, 0.6) is 5.75 Å². The Balaban J connectivity index is 1.42. The number of hydrogen-bond acceptors (Lipinski definition) is 4. The maximum Gasteiger partial charge on any atom is 0.286 e. The van der Waals surface area contributed by atoms with Gasteiger partial charge in [-0.2, -0.15) is 5.10 Å². The molecule has 3 rings (SSSR count). The van der Waals surface area contributed by atoms with Gasteiger partial charge in [0.1, 0.15) is 18.1 Å². The van der Waals surface area contributed by atoms with Crippen molar-refractivity contribution in [2.24, 2.45) is 0 Å². The topological polar surface area (TPSA) is 69.3 Å². The van der Waals surface area contributed by atoms with Crippen molar-refractivity contribution in [3.8, 4) is 5.75 Å². The van der Waals surface area contributed by atoms with Crippen molar-refractivity contribution >= 4 is 5.91 Å². The zero-order chi connectivity index (χ0) is 19.9.